The predicted octanol–water partition coefficient (Wildman–Crippen LogP) is 1.19. The molecule has 29 heavy (non-hydrogen) atoms. The Bertz CT molecular complexity index is 1010. The Labute approximate surface area is 168 Å². The smallest absolute Gasteiger partial charge is 0.346 e. The van der Waals surface area contributed by atoms with Crippen LogP contribution >= 0.6 is 0 Å². The minimum atomic E-state index is -0.116. The van der Waals surface area contributed by atoms with Crippen molar-refractivity contribution in [1.82, 2.24) is 29.6 Å². The lowest BCUT2D eigenvalue weighted by atomic mass is 9.99. The number of carbonyl (C=O) groups excluding carboxylic acids is 1. The normalized spacial score (nSPS) is 16.1. The van der Waals surface area contributed by atoms with Gasteiger partial charge < -0.3 is 5.32 Å². The van der Waals surface area contributed by atoms with Crippen molar-refractivity contribution in [2.45, 2.75) is 38.8 Å². The van der Waals surface area contributed by atoms with Crippen LogP contribution in [0.3, 0.4) is 0 Å². The molecule has 0 bridgehead atoms. The van der Waals surface area contributed by atoms with Gasteiger partial charge in [-0.3, -0.25) is 19.3 Å². The highest BCUT2D eigenvalue weighted by molar-refractivity contribution is 5.78. The lowest BCUT2D eigenvalue weighted by Gasteiger charge is -2.14. The third kappa shape index (κ3) is 4.59. The Balaban J connectivity index is 1.33. The second-order valence-electron chi connectivity index (χ2n) is 7.29. The van der Waals surface area contributed by atoms with E-state index >= 15 is 0 Å². The number of rotatable bonds is 6. The van der Waals surface area contributed by atoms with E-state index in [9.17, 15) is 9.59 Å². The van der Waals surface area contributed by atoms with Gasteiger partial charge in [-0.25, -0.2) is 9.48 Å². The largest absolute Gasteiger partial charge is 0.356 e. The number of aryl methyl sites for hydroxylation is 1. The number of aromatic nitrogens is 5. The van der Waals surface area contributed by atoms with Crippen LogP contribution in [0.1, 0.15) is 29.8 Å². The molecule has 4 rings (SSSR count). The maximum absolute atomic E-state index is 12.7. The van der Waals surface area contributed by atoms with Crippen LogP contribution in [0.4, 0.5) is 0 Å². The fraction of sp³-hybridized carbons (Fsp3) is 0.381. The Morgan fingerprint density at radius 1 is 1.10 bits per heavy atom. The van der Waals surface area contributed by atoms with Gasteiger partial charge in [0, 0.05) is 50.2 Å². The van der Waals surface area contributed by atoms with E-state index in [0.717, 1.165) is 23.4 Å². The van der Waals surface area contributed by atoms with Gasteiger partial charge in [0.2, 0.25) is 5.91 Å². The molecule has 1 atom stereocenters. The minimum Gasteiger partial charge on any atom is -0.356 e. The Hall–Kier alpha value is -3.29. The third-order valence-corrected chi connectivity index (χ3v) is 5.31. The van der Waals surface area contributed by atoms with E-state index in [4.69, 9.17) is 0 Å². The van der Waals surface area contributed by atoms with Gasteiger partial charge in [-0.05, 0) is 48.6 Å². The molecule has 0 aromatic carbocycles. The number of amides is 1. The van der Waals surface area contributed by atoms with Crippen LogP contribution in [0.15, 0.2) is 53.8 Å². The van der Waals surface area contributed by atoms with E-state index in [2.05, 4.69) is 20.4 Å². The standard InChI is InChI=1S/C21H24N6O2/c28-20(24-12-7-16-2-1-9-23-14-16)18-3-4-19-25-27(21(29)26(19)13-8-18)15-17-5-10-22-11-6-17/h1-2,5-6,9-11,14,18H,3-4,7-8,12-13,15H2,(H,24,28). The van der Waals surface area contributed by atoms with Gasteiger partial charge in [-0.1, -0.05) is 6.07 Å². The lowest BCUT2D eigenvalue weighted by molar-refractivity contribution is -0.125. The molecule has 8 heteroatoms. The first-order chi connectivity index (χ1) is 14.2. The fourth-order valence-electron chi connectivity index (χ4n) is 3.67. The van der Waals surface area contributed by atoms with Crippen molar-refractivity contribution in [1.29, 1.82) is 0 Å². The summed E-state index contributed by atoms with van der Waals surface area (Å²) in [5, 5.41) is 7.53. The summed E-state index contributed by atoms with van der Waals surface area (Å²) in [7, 11) is 0. The molecular weight excluding hydrogens is 368 g/mol. The zero-order valence-electron chi connectivity index (χ0n) is 16.2. The van der Waals surface area contributed by atoms with Gasteiger partial charge in [0.15, 0.2) is 0 Å². The van der Waals surface area contributed by atoms with Crippen LogP contribution in [0.25, 0.3) is 0 Å². The minimum absolute atomic E-state index is 0.0526. The molecular formula is C21H24N6O2. The zero-order chi connectivity index (χ0) is 20.1. The molecule has 3 aromatic heterocycles. The zero-order valence-corrected chi connectivity index (χ0v) is 16.2. The maximum Gasteiger partial charge on any atom is 0.346 e. The van der Waals surface area contributed by atoms with Gasteiger partial charge in [-0.15, -0.1) is 0 Å². The van der Waals surface area contributed by atoms with E-state index in [0.29, 0.717) is 38.9 Å². The summed E-state index contributed by atoms with van der Waals surface area (Å²) < 4.78 is 3.21. The van der Waals surface area contributed by atoms with Gasteiger partial charge in [0.1, 0.15) is 5.82 Å². The molecule has 8 nitrogen and oxygen atoms in total. The van der Waals surface area contributed by atoms with Crippen LogP contribution in [0.5, 0.6) is 0 Å². The number of pyridine rings is 2. The molecule has 1 aliphatic heterocycles. The summed E-state index contributed by atoms with van der Waals surface area (Å²) in [5.74, 6) is 0.713. The van der Waals surface area contributed by atoms with Crippen molar-refractivity contribution in [3.63, 3.8) is 0 Å². The monoisotopic (exact) mass is 392 g/mol. The molecule has 0 aliphatic carbocycles. The molecule has 1 aliphatic rings. The van der Waals surface area contributed by atoms with Crippen molar-refractivity contribution in [2.75, 3.05) is 6.54 Å². The average Bonchev–Trinajstić information content (AvgIpc) is 2.91. The molecule has 0 radical (unpaired) electrons. The van der Waals surface area contributed by atoms with Crippen LogP contribution < -0.4 is 11.0 Å². The molecule has 0 spiro atoms. The Morgan fingerprint density at radius 2 is 1.97 bits per heavy atom. The van der Waals surface area contributed by atoms with Crippen molar-refractivity contribution in [3.05, 3.63) is 76.5 Å². The number of nitrogens with zero attached hydrogens (tertiary/aromatic N) is 5. The lowest BCUT2D eigenvalue weighted by Crippen LogP contribution is -2.33. The van der Waals surface area contributed by atoms with E-state index in [1.807, 2.05) is 30.5 Å². The van der Waals surface area contributed by atoms with Gasteiger partial charge in [0.25, 0.3) is 0 Å². The molecule has 0 fully saturated rings. The first-order valence-corrected chi connectivity index (χ1v) is 9.93. The Morgan fingerprint density at radius 3 is 2.76 bits per heavy atom. The number of fused-ring (bicyclic) bond motifs is 1. The van der Waals surface area contributed by atoms with Crippen molar-refractivity contribution < 1.29 is 4.79 Å². The van der Waals surface area contributed by atoms with Gasteiger partial charge in [-0.2, -0.15) is 5.10 Å². The summed E-state index contributed by atoms with van der Waals surface area (Å²) >= 11 is 0. The average molecular weight is 392 g/mol. The molecule has 1 amide bonds. The second-order valence-corrected chi connectivity index (χ2v) is 7.29. The van der Waals surface area contributed by atoms with E-state index in [1.54, 1.807) is 23.2 Å². The van der Waals surface area contributed by atoms with Crippen LogP contribution in [-0.2, 0) is 30.7 Å². The quantitative estimate of drug-likeness (QED) is 0.680. The number of hydrogen-bond donors (Lipinski definition) is 1. The summed E-state index contributed by atoms with van der Waals surface area (Å²) in [4.78, 5) is 33.4. The maximum atomic E-state index is 12.7. The fourth-order valence-corrected chi connectivity index (χ4v) is 3.67. The highest BCUT2D eigenvalue weighted by Crippen LogP contribution is 2.18. The van der Waals surface area contributed by atoms with E-state index in [-0.39, 0.29) is 17.5 Å². The molecule has 1 N–H and O–H groups in total. The van der Waals surface area contributed by atoms with Crippen molar-refractivity contribution in [3.8, 4) is 0 Å². The van der Waals surface area contributed by atoms with Crippen molar-refractivity contribution in [2.24, 2.45) is 5.92 Å². The topological polar surface area (TPSA) is 94.7 Å². The number of nitrogens with one attached hydrogen (secondary N) is 1. The first kappa shape index (κ1) is 19.0. The summed E-state index contributed by atoms with van der Waals surface area (Å²) in [6.07, 6.45) is 9.69. The summed E-state index contributed by atoms with van der Waals surface area (Å²) in [6.45, 7) is 1.54. The van der Waals surface area contributed by atoms with E-state index in [1.165, 1.54) is 4.68 Å². The number of carbonyl (C=O) groups is 1. The van der Waals surface area contributed by atoms with Crippen LogP contribution in [0.2, 0.25) is 0 Å². The molecule has 0 saturated heterocycles. The first-order valence-electron chi connectivity index (χ1n) is 9.93. The molecule has 4 heterocycles. The van der Waals surface area contributed by atoms with Gasteiger partial charge in [0.05, 0.1) is 6.54 Å². The number of hydrogen-bond acceptors (Lipinski definition) is 5. The molecule has 150 valence electrons. The SMILES string of the molecule is O=C(NCCc1cccnc1)C1CCc2nn(Cc3ccncc3)c(=O)n2CC1. The third-order valence-electron chi connectivity index (χ3n) is 5.31. The molecule has 0 saturated carbocycles. The van der Waals surface area contributed by atoms with E-state index < -0.39 is 0 Å². The van der Waals surface area contributed by atoms with Crippen molar-refractivity contribution >= 4 is 5.91 Å². The van der Waals surface area contributed by atoms with Crippen LogP contribution in [0, 0.1) is 5.92 Å². The van der Waals surface area contributed by atoms with Crippen LogP contribution in [-0.4, -0.2) is 36.8 Å². The highest BCUT2D eigenvalue weighted by Gasteiger charge is 2.25. The van der Waals surface area contributed by atoms with Gasteiger partial charge >= 0.3 is 5.69 Å². The highest BCUT2D eigenvalue weighted by atomic mass is 16.2. The summed E-state index contributed by atoms with van der Waals surface area (Å²) in [6, 6.07) is 7.65. The summed E-state index contributed by atoms with van der Waals surface area (Å²) in [5.41, 5.74) is 1.97. The molecule has 3 aromatic rings. The second kappa shape index (κ2) is 8.81. The predicted molar refractivity (Wildman–Crippen MR) is 107 cm³/mol. The molecule has 1 unspecified atom stereocenters. The Kier molecular flexibility index (Phi) is 5.79.